The SMILES string of the molecule is CC1(C)C[C@H]2C[C@](C)(CN2S(=O)(=O)c2ccc(C(=O)Nc3cccc(-c4nc5ccccc5[nH]4)c3)cc2)C1. The number of amides is 1. The molecule has 4 aromatic rings. The van der Waals surface area contributed by atoms with Crippen molar-refractivity contribution in [1.29, 1.82) is 0 Å². The molecular formula is C30H32N4O3S. The first-order chi connectivity index (χ1) is 18.0. The third kappa shape index (κ3) is 4.52. The van der Waals surface area contributed by atoms with Gasteiger partial charge in [-0.25, -0.2) is 13.4 Å². The van der Waals surface area contributed by atoms with E-state index in [-0.39, 0.29) is 27.7 Å². The largest absolute Gasteiger partial charge is 0.338 e. The average molecular weight is 529 g/mol. The van der Waals surface area contributed by atoms with Gasteiger partial charge in [-0.15, -0.1) is 0 Å². The van der Waals surface area contributed by atoms with Crippen LogP contribution in [0.3, 0.4) is 0 Å². The smallest absolute Gasteiger partial charge is 0.255 e. The maximum Gasteiger partial charge on any atom is 0.255 e. The lowest BCUT2D eigenvalue weighted by atomic mass is 9.65. The van der Waals surface area contributed by atoms with Crippen LogP contribution in [-0.2, 0) is 10.0 Å². The maximum atomic E-state index is 13.6. The third-order valence-electron chi connectivity index (χ3n) is 7.87. The van der Waals surface area contributed by atoms with Crippen LogP contribution in [0.2, 0.25) is 0 Å². The fourth-order valence-corrected chi connectivity index (χ4v) is 8.41. The van der Waals surface area contributed by atoms with Crippen molar-refractivity contribution in [3.8, 4) is 11.4 Å². The summed E-state index contributed by atoms with van der Waals surface area (Å²) < 4.78 is 28.8. The van der Waals surface area contributed by atoms with Crippen molar-refractivity contribution in [2.24, 2.45) is 10.8 Å². The topological polar surface area (TPSA) is 95.2 Å². The number of carbonyl (C=O) groups excluding carboxylic acids is 1. The van der Waals surface area contributed by atoms with Crippen LogP contribution in [0.1, 0.15) is 50.4 Å². The molecule has 1 saturated carbocycles. The first-order valence-corrected chi connectivity index (χ1v) is 14.4. The second-order valence-corrected chi connectivity index (χ2v) is 13.8. The summed E-state index contributed by atoms with van der Waals surface area (Å²) >= 11 is 0. The Morgan fingerprint density at radius 1 is 1.00 bits per heavy atom. The number of nitrogens with zero attached hydrogens (tertiary/aromatic N) is 2. The number of para-hydroxylation sites is 2. The Bertz CT molecular complexity index is 1610. The Hall–Kier alpha value is -3.49. The van der Waals surface area contributed by atoms with Crippen molar-refractivity contribution in [3.05, 3.63) is 78.4 Å². The van der Waals surface area contributed by atoms with Gasteiger partial charge in [-0.3, -0.25) is 4.79 Å². The number of hydrogen-bond acceptors (Lipinski definition) is 4. The van der Waals surface area contributed by atoms with E-state index in [9.17, 15) is 13.2 Å². The van der Waals surface area contributed by atoms with Gasteiger partial charge >= 0.3 is 0 Å². The highest BCUT2D eigenvalue weighted by Gasteiger charge is 2.53. The van der Waals surface area contributed by atoms with Crippen molar-refractivity contribution in [1.82, 2.24) is 14.3 Å². The van der Waals surface area contributed by atoms with Gasteiger partial charge in [0, 0.05) is 29.4 Å². The number of H-pyrrole nitrogens is 1. The second-order valence-electron chi connectivity index (χ2n) is 11.9. The van der Waals surface area contributed by atoms with E-state index in [4.69, 9.17) is 0 Å². The van der Waals surface area contributed by atoms with Crippen molar-refractivity contribution in [2.75, 3.05) is 11.9 Å². The summed E-state index contributed by atoms with van der Waals surface area (Å²) in [5.41, 5.74) is 3.84. The fourth-order valence-electron chi connectivity index (χ4n) is 6.64. The number of benzene rings is 3. The van der Waals surface area contributed by atoms with Crippen LogP contribution < -0.4 is 5.32 Å². The molecule has 0 radical (unpaired) electrons. The number of carbonyl (C=O) groups is 1. The predicted molar refractivity (Wildman–Crippen MR) is 149 cm³/mol. The van der Waals surface area contributed by atoms with Crippen molar-refractivity contribution >= 4 is 32.7 Å². The lowest BCUT2D eigenvalue weighted by molar-refractivity contribution is 0.102. The van der Waals surface area contributed by atoms with Gasteiger partial charge in [0.2, 0.25) is 10.0 Å². The van der Waals surface area contributed by atoms with Gasteiger partial charge in [-0.1, -0.05) is 45.0 Å². The number of imidazole rings is 1. The van der Waals surface area contributed by atoms with Gasteiger partial charge in [0.15, 0.2) is 0 Å². The summed E-state index contributed by atoms with van der Waals surface area (Å²) in [6, 6.07) is 21.6. The van der Waals surface area contributed by atoms with E-state index in [1.165, 1.54) is 0 Å². The quantitative estimate of drug-likeness (QED) is 0.329. The minimum absolute atomic E-state index is 0.0101. The molecule has 0 spiro atoms. The standard InChI is InChI=1S/C30H32N4O3S/c1-29(2)16-23-17-30(3,18-29)19-34(23)38(36,37)24-13-11-20(12-14-24)28(35)31-22-8-6-7-21(15-22)27-32-25-9-4-5-10-26(25)33-27/h4-15,23H,16-19H2,1-3H3,(H,31,35)(H,32,33)/t23-,30-/m0/s1. The van der Waals surface area contributed by atoms with Crippen molar-refractivity contribution < 1.29 is 13.2 Å². The van der Waals surface area contributed by atoms with Crippen LogP contribution in [-0.4, -0.2) is 41.2 Å². The summed E-state index contributed by atoms with van der Waals surface area (Å²) in [5.74, 6) is 0.419. The fraction of sp³-hybridized carbons (Fsp3) is 0.333. The normalized spacial score (nSPS) is 23.0. The highest BCUT2D eigenvalue weighted by atomic mass is 32.2. The summed E-state index contributed by atoms with van der Waals surface area (Å²) in [6.45, 7) is 7.21. The minimum Gasteiger partial charge on any atom is -0.338 e. The van der Waals surface area contributed by atoms with Crippen LogP contribution >= 0.6 is 0 Å². The van der Waals surface area contributed by atoms with Gasteiger partial charge < -0.3 is 10.3 Å². The molecule has 0 unspecified atom stereocenters. The first kappa shape index (κ1) is 24.8. The number of hydrogen-bond donors (Lipinski definition) is 2. The number of aromatic amines is 1. The zero-order chi connectivity index (χ0) is 26.7. The number of anilines is 1. The molecule has 8 heteroatoms. The first-order valence-electron chi connectivity index (χ1n) is 13.0. The number of aromatic nitrogens is 2. The Morgan fingerprint density at radius 3 is 2.53 bits per heavy atom. The summed E-state index contributed by atoms with van der Waals surface area (Å²) in [4.78, 5) is 21.2. The van der Waals surface area contributed by atoms with E-state index in [0.29, 0.717) is 17.8 Å². The van der Waals surface area contributed by atoms with Crippen LogP contribution in [0.25, 0.3) is 22.4 Å². The number of sulfonamides is 1. The van der Waals surface area contributed by atoms with Gasteiger partial charge in [0.1, 0.15) is 5.82 Å². The number of rotatable bonds is 5. The zero-order valence-corrected chi connectivity index (χ0v) is 22.7. The van der Waals surface area contributed by atoms with E-state index in [0.717, 1.165) is 41.7 Å². The Morgan fingerprint density at radius 2 is 1.76 bits per heavy atom. The van der Waals surface area contributed by atoms with Crippen LogP contribution in [0.5, 0.6) is 0 Å². The maximum absolute atomic E-state index is 13.6. The second kappa shape index (κ2) is 8.78. The molecule has 1 saturated heterocycles. The lowest BCUT2D eigenvalue weighted by Gasteiger charge is -2.39. The zero-order valence-electron chi connectivity index (χ0n) is 21.9. The molecule has 6 rings (SSSR count). The molecule has 1 aromatic heterocycles. The molecule has 1 aliphatic heterocycles. The molecular weight excluding hydrogens is 496 g/mol. The van der Waals surface area contributed by atoms with Crippen LogP contribution in [0.4, 0.5) is 5.69 Å². The number of fused-ring (bicyclic) bond motifs is 3. The Labute approximate surface area is 223 Å². The van der Waals surface area contributed by atoms with Crippen LogP contribution in [0.15, 0.2) is 77.7 Å². The highest BCUT2D eigenvalue weighted by Crippen LogP contribution is 2.53. The number of nitrogens with one attached hydrogen (secondary N) is 2. The van der Waals surface area contributed by atoms with E-state index in [1.54, 1.807) is 28.6 Å². The van der Waals surface area contributed by atoms with Gasteiger partial charge in [0.05, 0.1) is 15.9 Å². The van der Waals surface area contributed by atoms with E-state index in [2.05, 4.69) is 36.1 Å². The Balaban J connectivity index is 1.18. The molecule has 2 heterocycles. The molecule has 2 bridgehead atoms. The van der Waals surface area contributed by atoms with Gasteiger partial charge in [-0.05, 0) is 78.6 Å². The van der Waals surface area contributed by atoms with E-state index < -0.39 is 10.0 Å². The monoisotopic (exact) mass is 528 g/mol. The molecule has 196 valence electrons. The molecule has 2 fully saturated rings. The van der Waals surface area contributed by atoms with E-state index >= 15 is 0 Å². The molecule has 1 aliphatic carbocycles. The summed E-state index contributed by atoms with van der Waals surface area (Å²) in [5, 5.41) is 2.92. The third-order valence-corrected chi connectivity index (χ3v) is 9.79. The molecule has 1 amide bonds. The van der Waals surface area contributed by atoms with Gasteiger partial charge in [-0.2, -0.15) is 4.31 Å². The predicted octanol–water partition coefficient (Wildman–Crippen LogP) is 6.07. The average Bonchev–Trinajstić information content (AvgIpc) is 3.42. The van der Waals surface area contributed by atoms with Crippen molar-refractivity contribution in [3.63, 3.8) is 0 Å². The lowest BCUT2D eigenvalue weighted by Crippen LogP contribution is -2.37. The summed E-state index contributed by atoms with van der Waals surface area (Å²) in [6.07, 6.45) is 2.80. The molecule has 7 nitrogen and oxygen atoms in total. The van der Waals surface area contributed by atoms with Crippen LogP contribution in [0, 0.1) is 10.8 Å². The summed E-state index contributed by atoms with van der Waals surface area (Å²) in [7, 11) is -3.64. The van der Waals surface area contributed by atoms with Crippen molar-refractivity contribution in [2.45, 2.75) is 51.0 Å². The molecule has 3 aromatic carbocycles. The van der Waals surface area contributed by atoms with E-state index in [1.807, 2.05) is 48.5 Å². The molecule has 2 atom stereocenters. The highest BCUT2D eigenvalue weighted by molar-refractivity contribution is 7.89. The minimum atomic E-state index is -3.64. The molecule has 2 N–H and O–H groups in total. The Kier molecular flexibility index (Phi) is 5.74. The van der Waals surface area contributed by atoms with Gasteiger partial charge in [0.25, 0.3) is 5.91 Å². The molecule has 2 aliphatic rings. The molecule has 38 heavy (non-hydrogen) atoms.